The number of carbonyl (C=O) groups is 1. The Bertz CT molecular complexity index is 1080. The number of aliphatic hydroxyl groups is 1. The van der Waals surface area contributed by atoms with Crippen LogP contribution in [0.3, 0.4) is 0 Å². The molecule has 2 aliphatic rings. The third kappa shape index (κ3) is 3.79. The predicted molar refractivity (Wildman–Crippen MR) is 118 cm³/mol. The number of ether oxygens (including phenoxy) is 1. The van der Waals surface area contributed by atoms with Gasteiger partial charge in [-0.25, -0.2) is 9.78 Å². The van der Waals surface area contributed by atoms with Crippen LogP contribution >= 0.6 is 11.3 Å². The molecular weight excluding hydrogens is 416 g/mol. The molecule has 8 nitrogen and oxygen atoms in total. The van der Waals surface area contributed by atoms with E-state index in [0.717, 1.165) is 53.4 Å². The van der Waals surface area contributed by atoms with Crippen molar-refractivity contribution in [3.05, 3.63) is 23.5 Å². The van der Waals surface area contributed by atoms with Crippen molar-refractivity contribution in [1.29, 1.82) is 0 Å². The third-order valence-corrected chi connectivity index (χ3v) is 7.66. The first-order valence-corrected chi connectivity index (χ1v) is 11.9. The van der Waals surface area contributed by atoms with E-state index in [2.05, 4.69) is 9.55 Å². The molecule has 31 heavy (non-hydrogen) atoms. The fourth-order valence-corrected chi connectivity index (χ4v) is 6.06. The highest BCUT2D eigenvalue weighted by Crippen LogP contribution is 2.39. The maximum Gasteiger partial charge on any atom is 0.407 e. The van der Waals surface area contributed by atoms with Gasteiger partial charge in [0.15, 0.2) is 0 Å². The van der Waals surface area contributed by atoms with Crippen molar-refractivity contribution in [3.63, 3.8) is 0 Å². The Labute approximate surface area is 184 Å². The first kappa shape index (κ1) is 20.7. The highest BCUT2D eigenvalue weighted by atomic mass is 32.1. The Hall–Kier alpha value is -2.23. The lowest BCUT2D eigenvalue weighted by atomic mass is 9.85. The standard InChI is InChI=1S/C22H28N4O4S/c1-13(27)21-24-18-10-23-17-7-9-31-20(17)19(18)26(21)15-4-2-14(3-5-15)11-25(22(28)29)16-6-8-30-12-16/h7,9-10,13-16,27H,2-6,8,11-12H2,1H3,(H,28,29)/t13-,14?,15?,16?/m1/s1. The molecule has 2 N–H and O–H groups in total. The Morgan fingerprint density at radius 1 is 1.32 bits per heavy atom. The molecule has 0 aromatic carbocycles. The lowest BCUT2D eigenvalue weighted by Crippen LogP contribution is -2.43. The van der Waals surface area contributed by atoms with Crippen LogP contribution < -0.4 is 0 Å². The zero-order chi connectivity index (χ0) is 21.5. The van der Waals surface area contributed by atoms with Gasteiger partial charge in [-0.15, -0.1) is 11.3 Å². The first-order chi connectivity index (χ1) is 15.0. The number of hydrogen-bond acceptors (Lipinski definition) is 6. The van der Waals surface area contributed by atoms with E-state index in [9.17, 15) is 15.0 Å². The van der Waals surface area contributed by atoms with E-state index in [1.54, 1.807) is 29.4 Å². The minimum atomic E-state index is -0.845. The topological polar surface area (TPSA) is 101 Å². The first-order valence-electron chi connectivity index (χ1n) is 11.0. The number of amides is 1. The normalized spacial score (nSPS) is 25.3. The Morgan fingerprint density at radius 3 is 2.81 bits per heavy atom. The Morgan fingerprint density at radius 2 is 2.13 bits per heavy atom. The lowest BCUT2D eigenvalue weighted by molar-refractivity contribution is 0.0944. The molecule has 2 atom stereocenters. The molecule has 0 bridgehead atoms. The van der Waals surface area contributed by atoms with Crippen LogP contribution in [0, 0.1) is 5.92 Å². The van der Waals surface area contributed by atoms with E-state index >= 15 is 0 Å². The van der Waals surface area contributed by atoms with E-state index in [0.29, 0.717) is 31.5 Å². The monoisotopic (exact) mass is 444 g/mol. The van der Waals surface area contributed by atoms with Crippen LogP contribution in [0.15, 0.2) is 17.6 Å². The zero-order valence-electron chi connectivity index (χ0n) is 17.6. The summed E-state index contributed by atoms with van der Waals surface area (Å²) in [6, 6.07) is 2.24. The van der Waals surface area contributed by atoms with Crippen molar-refractivity contribution in [2.75, 3.05) is 19.8 Å². The van der Waals surface area contributed by atoms with Crippen molar-refractivity contribution in [3.8, 4) is 0 Å². The number of rotatable bonds is 5. The zero-order valence-corrected chi connectivity index (χ0v) is 18.4. The second kappa shape index (κ2) is 8.37. The number of imidazole rings is 1. The number of carboxylic acid groups (broad SMARTS) is 1. The highest BCUT2D eigenvalue weighted by molar-refractivity contribution is 7.18. The van der Waals surface area contributed by atoms with Crippen LogP contribution in [0.5, 0.6) is 0 Å². The summed E-state index contributed by atoms with van der Waals surface area (Å²) < 4.78 is 8.75. The maximum atomic E-state index is 11.8. The van der Waals surface area contributed by atoms with Gasteiger partial charge in [-0.1, -0.05) is 0 Å². The van der Waals surface area contributed by atoms with Crippen LogP contribution in [-0.4, -0.2) is 61.5 Å². The van der Waals surface area contributed by atoms with Gasteiger partial charge in [0.2, 0.25) is 0 Å². The summed E-state index contributed by atoms with van der Waals surface area (Å²) in [6.07, 6.45) is 4.88. The predicted octanol–water partition coefficient (Wildman–Crippen LogP) is 4.20. The molecule has 5 rings (SSSR count). The molecule has 1 saturated carbocycles. The Balaban J connectivity index is 1.38. The summed E-state index contributed by atoms with van der Waals surface area (Å²) in [4.78, 5) is 22.6. The lowest BCUT2D eigenvalue weighted by Gasteiger charge is -2.35. The number of aliphatic hydroxyl groups excluding tert-OH is 1. The van der Waals surface area contributed by atoms with Gasteiger partial charge in [0.1, 0.15) is 17.4 Å². The van der Waals surface area contributed by atoms with Crippen LogP contribution in [0.25, 0.3) is 21.3 Å². The number of nitrogens with zero attached hydrogens (tertiary/aromatic N) is 4. The van der Waals surface area contributed by atoms with Gasteiger partial charge in [-0.2, -0.15) is 0 Å². The van der Waals surface area contributed by atoms with Crippen molar-refractivity contribution in [2.24, 2.45) is 5.92 Å². The highest BCUT2D eigenvalue weighted by Gasteiger charge is 2.33. The van der Waals surface area contributed by atoms with E-state index in [4.69, 9.17) is 9.72 Å². The molecule has 4 heterocycles. The van der Waals surface area contributed by atoms with Crippen LogP contribution in [0.1, 0.15) is 57.0 Å². The van der Waals surface area contributed by atoms with Gasteiger partial charge in [0.05, 0.1) is 34.6 Å². The molecule has 1 unspecified atom stereocenters. The van der Waals surface area contributed by atoms with Crippen molar-refractivity contribution >= 4 is 38.7 Å². The smallest absolute Gasteiger partial charge is 0.407 e. The van der Waals surface area contributed by atoms with E-state index in [-0.39, 0.29) is 12.1 Å². The Kier molecular flexibility index (Phi) is 5.58. The molecular formula is C22H28N4O4S. The number of hydrogen-bond donors (Lipinski definition) is 2. The van der Waals surface area contributed by atoms with Gasteiger partial charge < -0.3 is 24.4 Å². The average Bonchev–Trinajstić information content (AvgIpc) is 3.50. The average molecular weight is 445 g/mol. The number of fused-ring (bicyclic) bond motifs is 3. The van der Waals surface area contributed by atoms with E-state index in [1.807, 2.05) is 11.4 Å². The van der Waals surface area contributed by atoms with Crippen molar-refractivity contribution < 1.29 is 19.7 Å². The molecule has 3 aromatic heterocycles. The molecule has 0 radical (unpaired) electrons. The van der Waals surface area contributed by atoms with Crippen LogP contribution in [0.4, 0.5) is 4.79 Å². The van der Waals surface area contributed by atoms with Gasteiger partial charge in [-0.3, -0.25) is 4.98 Å². The third-order valence-electron chi connectivity index (χ3n) is 6.75. The van der Waals surface area contributed by atoms with Gasteiger partial charge in [0.25, 0.3) is 0 Å². The van der Waals surface area contributed by atoms with Crippen molar-refractivity contribution in [1.82, 2.24) is 19.4 Å². The van der Waals surface area contributed by atoms with Crippen molar-refractivity contribution in [2.45, 2.75) is 57.2 Å². The largest absolute Gasteiger partial charge is 0.465 e. The molecule has 1 aliphatic carbocycles. The molecule has 2 fully saturated rings. The number of thiophene rings is 1. The summed E-state index contributed by atoms with van der Waals surface area (Å²) in [5.41, 5.74) is 2.85. The molecule has 9 heteroatoms. The number of aromatic nitrogens is 3. The molecule has 166 valence electrons. The summed E-state index contributed by atoms with van der Waals surface area (Å²) in [5, 5.41) is 22.2. The SMILES string of the molecule is C[C@@H](O)c1nc2cnc3ccsc3c2n1C1CCC(CN(C(=O)O)C2CCOC2)CC1. The maximum absolute atomic E-state index is 11.8. The summed E-state index contributed by atoms with van der Waals surface area (Å²) >= 11 is 1.66. The molecule has 1 amide bonds. The fraction of sp³-hybridized carbons (Fsp3) is 0.591. The van der Waals surface area contributed by atoms with Gasteiger partial charge >= 0.3 is 6.09 Å². The molecule has 1 aliphatic heterocycles. The quantitative estimate of drug-likeness (QED) is 0.612. The molecule has 3 aromatic rings. The van der Waals surface area contributed by atoms with Crippen LogP contribution in [-0.2, 0) is 4.74 Å². The number of pyridine rings is 1. The summed E-state index contributed by atoms with van der Waals surface area (Å²) in [7, 11) is 0. The van der Waals surface area contributed by atoms with E-state index in [1.165, 1.54) is 0 Å². The second-order valence-corrected chi connectivity index (χ2v) is 9.69. The fourth-order valence-electron chi connectivity index (χ4n) is 5.18. The summed E-state index contributed by atoms with van der Waals surface area (Å²) in [5.74, 6) is 1.04. The minimum Gasteiger partial charge on any atom is -0.465 e. The second-order valence-electron chi connectivity index (χ2n) is 8.77. The minimum absolute atomic E-state index is 0.0192. The van der Waals surface area contributed by atoms with Gasteiger partial charge in [-0.05, 0) is 56.4 Å². The summed E-state index contributed by atoms with van der Waals surface area (Å²) in [6.45, 7) is 3.48. The molecule has 1 saturated heterocycles. The van der Waals surface area contributed by atoms with Crippen LogP contribution in [0.2, 0.25) is 0 Å². The van der Waals surface area contributed by atoms with Gasteiger partial charge in [0, 0.05) is 19.2 Å². The van der Waals surface area contributed by atoms with E-state index < -0.39 is 12.2 Å². The molecule has 0 spiro atoms.